The molecule has 2 heterocycles. The molecule has 0 N–H and O–H groups in total. The SMILES string of the molecule is O=C1CN(C(Cc2ccccc2)Cc2ccc(Cl)cc2)CCN1N1CCOCC1. The Morgan fingerprint density at radius 2 is 1.52 bits per heavy atom. The maximum atomic E-state index is 12.9. The summed E-state index contributed by atoms with van der Waals surface area (Å²) in [6.45, 7) is 5.07. The normalized spacial score (nSPS) is 20.0. The number of amides is 1. The Bertz CT molecular complexity index is 794. The second kappa shape index (κ2) is 9.72. The molecule has 6 heteroatoms. The van der Waals surface area contributed by atoms with Gasteiger partial charge in [0.25, 0.3) is 5.91 Å². The monoisotopic (exact) mass is 413 g/mol. The highest BCUT2D eigenvalue weighted by Crippen LogP contribution is 2.20. The number of morpholine rings is 1. The van der Waals surface area contributed by atoms with Gasteiger partial charge in [0.05, 0.1) is 26.3 Å². The van der Waals surface area contributed by atoms with E-state index in [4.69, 9.17) is 16.3 Å². The van der Waals surface area contributed by atoms with Crippen molar-refractivity contribution in [2.24, 2.45) is 0 Å². The first-order chi connectivity index (χ1) is 14.2. The highest BCUT2D eigenvalue weighted by Gasteiger charge is 2.32. The van der Waals surface area contributed by atoms with E-state index in [1.54, 1.807) is 0 Å². The predicted molar refractivity (Wildman–Crippen MR) is 115 cm³/mol. The van der Waals surface area contributed by atoms with E-state index < -0.39 is 0 Å². The topological polar surface area (TPSA) is 36.0 Å². The largest absolute Gasteiger partial charge is 0.379 e. The number of hydrogen-bond donors (Lipinski definition) is 0. The zero-order chi connectivity index (χ0) is 20.1. The third-order valence-corrected chi connectivity index (χ3v) is 6.02. The van der Waals surface area contributed by atoms with Crippen LogP contribution in [0.2, 0.25) is 5.02 Å². The molecule has 154 valence electrons. The molecule has 5 nitrogen and oxygen atoms in total. The lowest BCUT2D eigenvalue weighted by Gasteiger charge is -2.44. The maximum absolute atomic E-state index is 12.9. The molecule has 1 atom stereocenters. The third kappa shape index (κ3) is 5.37. The van der Waals surface area contributed by atoms with Crippen LogP contribution in [0.15, 0.2) is 54.6 Å². The molecule has 2 fully saturated rings. The van der Waals surface area contributed by atoms with Crippen molar-refractivity contribution in [2.75, 3.05) is 45.9 Å². The summed E-state index contributed by atoms with van der Waals surface area (Å²) in [4.78, 5) is 15.3. The van der Waals surface area contributed by atoms with Crippen LogP contribution in [0.1, 0.15) is 11.1 Å². The van der Waals surface area contributed by atoms with Gasteiger partial charge in [-0.05, 0) is 36.1 Å². The summed E-state index contributed by atoms with van der Waals surface area (Å²) >= 11 is 6.06. The van der Waals surface area contributed by atoms with Crippen LogP contribution in [-0.2, 0) is 22.4 Å². The molecular weight excluding hydrogens is 386 g/mol. The summed E-state index contributed by atoms with van der Waals surface area (Å²) in [5, 5.41) is 4.83. The molecule has 29 heavy (non-hydrogen) atoms. The van der Waals surface area contributed by atoms with Crippen molar-refractivity contribution in [3.05, 3.63) is 70.7 Å². The number of carbonyl (C=O) groups is 1. The van der Waals surface area contributed by atoms with Crippen molar-refractivity contribution in [1.29, 1.82) is 0 Å². The molecule has 2 aromatic carbocycles. The van der Waals surface area contributed by atoms with Gasteiger partial charge in [-0.15, -0.1) is 0 Å². The number of hydrazine groups is 1. The van der Waals surface area contributed by atoms with E-state index in [1.165, 1.54) is 11.1 Å². The number of piperazine rings is 1. The molecule has 0 bridgehead atoms. The van der Waals surface area contributed by atoms with Gasteiger partial charge in [-0.25, -0.2) is 5.01 Å². The van der Waals surface area contributed by atoms with Crippen LogP contribution in [-0.4, -0.2) is 72.8 Å². The summed E-state index contributed by atoms with van der Waals surface area (Å²) in [7, 11) is 0. The van der Waals surface area contributed by atoms with Crippen LogP contribution in [0.25, 0.3) is 0 Å². The van der Waals surface area contributed by atoms with Gasteiger partial charge in [0.2, 0.25) is 0 Å². The van der Waals surface area contributed by atoms with Crippen molar-refractivity contribution < 1.29 is 9.53 Å². The number of benzene rings is 2. The minimum Gasteiger partial charge on any atom is -0.379 e. The molecule has 2 aliphatic rings. The number of ether oxygens (including phenoxy) is 1. The molecule has 0 aromatic heterocycles. The summed E-state index contributed by atoms with van der Waals surface area (Å²) in [5.74, 6) is 0.187. The number of nitrogens with zero attached hydrogens (tertiary/aromatic N) is 3. The van der Waals surface area contributed by atoms with Crippen LogP contribution < -0.4 is 0 Å². The fraction of sp³-hybridized carbons (Fsp3) is 0.435. The van der Waals surface area contributed by atoms with Crippen LogP contribution >= 0.6 is 11.6 Å². The Morgan fingerprint density at radius 3 is 2.17 bits per heavy atom. The molecule has 4 rings (SSSR count). The zero-order valence-corrected chi connectivity index (χ0v) is 17.4. The summed E-state index contributed by atoms with van der Waals surface area (Å²) in [6.07, 6.45) is 1.82. The summed E-state index contributed by atoms with van der Waals surface area (Å²) in [5.41, 5.74) is 2.55. The first-order valence-electron chi connectivity index (χ1n) is 10.3. The molecule has 2 aromatic rings. The fourth-order valence-electron chi connectivity index (χ4n) is 4.20. The van der Waals surface area contributed by atoms with Gasteiger partial charge in [-0.2, -0.15) is 0 Å². The maximum Gasteiger partial charge on any atom is 0.251 e. The second-order valence-corrected chi connectivity index (χ2v) is 8.16. The number of halogens is 1. The van der Waals surface area contributed by atoms with Gasteiger partial charge >= 0.3 is 0 Å². The minimum atomic E-state index is 0.187. The summed E-state index contributed by atoms with van der Waals surface area (Å²) < 4.78 is 5.43. The molecule has 1 unspecified atom stereocenters. The Balaban J connectivity index is 1.46. The predicted octanol–water partition coefficient (Wildman–Crippen LogP) is 2.89. The zero-order valence-electron chi connectivity index (χ0n) is 16.7. The Hall–Kier alpha value is -1.92. The van der Waals surface area contributed by atoms with Gasteiger partial charge in [0.1, 0.15) is 0 Å². The van der Waals surface area contributed by atoms with Crippen molar-refractivity contribution in [3.8, 4) is 0 Å². The number of hydrogen-bond acceptors (Lipinski definition) is 4. The van der Waals surface area contributed by atoms with Crippen LogP contribution in [0.3, 0.4) is 0 Å². The van der Waals surface area contributed by atoms with Crippen LogP contribution in [0, 0.1) is 0 Å². The van der Waals surface area contributed by atoms with Crippen molar-refractivity contribution in [2.45, 2.75) is 18.9 Å². The van der Waals surface area contributed by atoms with E-state index in [9.17, 15) is 4.79 Å². The quantitative estimate of drug-likeness (QED) is 0.729. The molecule has 2 aliphatic heterocycles. The van der Waals surface area contributed by atoms with Crippen molar-refractivity contribution >= 4 is 17.5 Å². The summed E-state index contributed by atoms with van der Waals surface area (Å²) in [6, 6.07) is 18.9. The van der Waals surface area contributed by atoms with E-state index >= 15 is 0 Å². The molecule has 0 aliphatic carbocycles. The first kappa shape index (κ1) is 20.4. The lowest BCUT2D eigenvalue weighted by atomic mass is 9.97. The lowest BCUT2D eigenvalue weighted by molar-refractivity contribution is -0.165. The Kier molecular flexibility index (Phi) is 6.82. The molecule has 2 saturated heterocycles. The lowest BCUT2D eigenvalue weighted by Crippen LogP contribution is -2.61. The van der Waals surface area contributed by atoms with E-state index in [0.717, 1.165) is 44.0 Å². The first-order valence-corrected chi connectivity index (χ1v) is 10.7. The molecule has 0 radical (unpaired) electrons. The third-order valence-electron chi connectivity index (χ3n) is 5.77. The second-order valence-electron chi connectivity index (χ2n) is 7.73. The average Bonchev–Trinajstić information content (AvgIpc) is 2.76. The van der Waals surface area contributed by atoms with Gasteiger partial charge in [0.15, 0.2) is 0 Å². The minimum absolute atomic E-state index is 0.187. The van der Waals surface area contributed by atoms with E-state index in [0.29, 0.717) is 19.8 Å². The average molecular weight is 414 g/mol. The standard InChI is InChI=1S/C23H28ClN3O2/c24-21-8-6-20(7-9-21)17-22(16-19-4-2-1-3-5-19)25-10-11-27(23(28)18-25)26-12-14-29-15-13-26/h1-9,22H,10-18H2. The van der Waals surface area contributed by atoms with Gasteiger partial charge in [-0.1, -0.05) is 54.1 Å². The van der Waals surface area contributed by atoms with E-state index in [2.05, 4.69) is 46.3 Å². The number of rotatable bonds is 6. The van der Waals surface area contributed by atoms with Crippen LogP contribution in [0.5, 0.6) is 0 Å². The highest BCUT2D eigenvalue weighted by atomic mass is 35.5. The van der Waals surface area contributed by atoms with Gasteiger partial charge < -0.3 is 4.74 Å². The van der Waals surface area contributed by atoms with Gasteiger partial charge in [0, 0.05) is 30.7 Å². The molecule has 0 saturated carbocycles. The molecule has 0 spiro atoms. The molecule has 1 amide bonds. The molecular formula is C23H28ClN3O2. The van der Waals surface area contributed by atoms with Gasteiger partial charge in [-0.3, -0.25) is 14.7 Å². The van der Waals surface area contributed by atoms with Crippen molar-refractivity contribution in [3.63, 3.8) is 0 Å². The smallest absolute Gasteiger partial charge is 0.251 e. The number of carbonyl (C=O) groups excluding carboxylic acids is 1. The Labute approximate surface area is 177 Å². The van der Waals surface area contributed by atoms with Crippen molar-refractivity contribution in [1.82, 2.24) is 14.9 Å². The van der Waals surface area contributed by atoms with E-state index in [-0.39, 0.29) is 11.9 Å². The fourth-order valence-corrected chi connectivity index (χ4v) is 4.32. The van der Waals surface area contributed by atoms with Crippen LogP contribution in [0.4, 0.5) is 0 Å². The highest BCUT2D eigenvalue weighted by molar-refractivity contribution is 6.30. The van der Waals surface area contributed by atoms with E-state index in [1.807, 2.05) is 23.2 Å². The Morgan fingerprint density at radius 1 is 0.862 bits per heavy atom.